The highest BCUT2D eigenvalue weighted by Crippen LogP contribution is 2.29. The number of H-pyrrole nitrogens is 1. The van der Waals surface area contributed by atoms with Gasteiger partial charge < -0.3 is 9.72 Å². The molecule has 0 bridgehead atoms. The molecule has 0 saturated carbocycles. The number of hydrogen-bond acceptors (Lipinski definition) is 4. The highest BCUT2D eigenvalue weighted by Gasteiger charge is 2.14. The maximum Gasteiger partial charge on any atom is 0.107 e. The summed E-state index contributed by atoms with van der Waals surface area (Å²) < 4.78 is 5.39. The van der Waals surface area contributed by atoms with Crippen molar-refractivity contribution in [1.82, 2.24) is 14.9 Å². The lowest BCUT2D eigenvalue weighted by atomic mass is 10.1. The lowest BCUT2D eigenvalue weighted by Crippen LogP contribution is -2.35. The molecule has 21 heavy (non-hydrogen) atoms. The van der Waals surface area contributed by atoms with Gasteiger partial charge in [0.05, 0.1) is 25.5 Å². The van der Waals surface area contributed by atoms with E-state index in [1.807, 2.05) is 6.07 Å². The van der Waals surface area contributed by atoms with Gasteiger partial charge >= 0.3 is 0 Å². The molecule has 4 rings (SSSR count). The second-order valence-corrected chi connectivity index (χ2v) is 6.21. The largest absolute Gasteiger partial charge is 0.379 e. The quantitative estimate of drug-likeness (QED) is 0.808. The Morgan fingerprint density at radius 1 is 1.24 bits per heavy atom. The van der Waals surface area contributed by atoms with Gasteiger partial charge in [-0.3, -0.25) is 4.90 Å². The van der Waals surface area contributed by atoms with Crippen LogP contribution in [-0.2, 0) is 11.3 Å². The molecule has 0 amide bonds. The fraction of sp³-hybridized carbons (Fsp3) is 0.312. The van der Waals surface area contributed by atoms with E-state index in [4.69, 9.17) is 9.72 Å². The first kappa shape index (κ1) is 13.0. The van der Waals surface area contributed by atoms with Crippen molar-refractivity contribution in [3.05, 3.63) is 40.8 Å². The molecule has 1 fully saturated rings. The van der Waals surface area contributed by atoms with E-state index in [0.29, 0.717) is 0 Å². The fourth-order valence-corrected chi connectivity index (χ4v) is 3.58. The lowest BCUT2D eigenvalue weighted by molar-refractivity contribution is 0.0342. The van der Waals surface area contributed by atoms with Gasteiger partial charge in [-0.05, 0) is 6.07 Å². The zero-order valence-corrected chi connectivity index (χ0v) is 12.5. The maximum atomic E-state index is 5.39. The van der Waals surface area contributed by atoms with Gasteiger partial charge in [0.25, 0.3) is 0 Å². The van der Waals surface area contributed by atoms with E-state index in [-0.39, 0.29) is 0 Å². The van der Waals surface area contributed by atoms with Crippen LogP contribution in [0.5, 0.6) is 0 Å². The molecule has 1 saturated heterocycles. The standard InChI is InChI=1S/C16H17N3OS/c1-2-4-14-12(3-1)13(9-17-14)15-11-21-16(18-15)10-19-5-7-20-8-6-19/h1-4,9,11,17H,5-8,10H2. The summed E-state index contributed by atoms with van der Waals surface area (Å²) in [6.45, 7) is 4.60. The summed E-state index contributed by atoms with van der Waals surface area (Å²) in [7, 11) is 0. The number of nitrogens with one attached hydrogen (secondary N) is 1. The highest BCUT2D eigenvalue weighted by molar-refractivity contribution is 7.09. The first-order valence-corrected chi connectivity index (χ1v) is 8.09. The summed E-state index contributed by atoms with van der Waals surface area (Å²) in [5.74, 6) is 0. The summed E-state index contributed by atoms with van der Waals surface area (Å²) >= 11 is 1.74. The van der Waals surface area contributed by atoms with Gasteiger partial charge in [0.15, 0.2) is 0 Å². The molecule has 5 heteroatoms. The van der Waals surface area contributed by atoms with Crippen LogP contribution in [0.3, 0.4) is 0 Å². The third-order valence-corrected chi connectivity index (χ3v) is 4.71. The molecule has 4 nitrogen and oxygen atoms in total. The van der Waals surface area contributed by atoms with Crippen molar-refractivity contribution < 1.29 is 4.74 Å². The Labute approximate surface area is 127 Å². The van der Waals surface area contributed by atoms with Gasteiger partial charge in [0.2, 0.25) is 0 Å². The van der Waals surface area contributed by atoms with E-state index in [2.05, 4.69) is 39.7 Å². The van der Waals surface area contributed by atoms with E-state index < -0.39 is 0 Å². The van der Waals surface area contributed by atoms with Crippen LogP contribution >= 0.6 is 11.3 Å². The normalized spacial score (nSPS) is 16.6. The SMILES string of the molecule is c1ccc2c(-c3csc(CN4CCOCC4)n3)c[nH]c2c1. The Hall–Kier alpha value is -1.69. The lowest BCUT2D eigenvalue weighted by Gasteiger charge is -2.25. The molecule has 1 aliphatic heterocycles. The Bertz CT molecular complexity index is 743. The minimum absolute atomic E-state index is 0.834. The molecule has 0 radical (unpaired) electrons. The number of nitrogens with zero attached hydrogens (tertiary/aromatic N) is 2. The zero-order chi connectivity index (χ0) is 14.1. The molecule has 0 atom stereocenters. The van der Waals surface area contributed by atoms with Gasteiger partial charge in [-0.25, -0.2) is 4.98 Å². The predicted molar refractivity (Wildman–Crippen MR) is 85.5 cm³/mol. The van der Waals surface area contributed by atoms with Gasteiger partial charge in [-0.2, -0.15) is 0 Å². The van der Waals surface area contributed by atoms with Crippen molar-refractivity contribution in [2.45, 2.75) is 6.54 Å². The van der Waals surface area contributed by atoms with E-state index in [9.17, 15) is 0 Å². The first-order chi connectivity index (χ1) is 10.4. The van der Waals surface area contributed by atoms with Gasteiger partial charge in [0, 0.05) is 41.1 Å². The van der Waals surface area contributed by atoms with Crippen molar-refractivity contribution in [3.63, 3.8) is 0 Å². The van der Waals surface area contributed by atoms with Crippen molar-refractivity contribution in [1.29, 1.82) is 0 Å². The van der Waals surface area contributed by atoms with E-state index >= 15 is 0 Å². The first-order valence-electron chi connectivity index (χ1n) is 7.21. The van der Waals surface area contributed by atoms with Crippen LogP contribution in [-0.4, -0.2) is 41.2 Å². The monoisotopic (exact) mass is 299 g/mol. The molecule has 1 aliphatic rings. The number of morpholine rings is 1. The predicted octanol–water partition coefficient (Wildman–Crippen LogP) is 3.12. The summed E-state index contributed by atoms with van der Waals surface area (Å²) in [5, 5.41) is 4.57. The molecule has 0 aliphatic carbocycles. The van der Waals surface area contributed by atoms with Gasteiger partial charge in [-0.15, -0.1) is 11.3 Å². The fourth-order valence-electron chi connectivity index (χ4n) is 2.74. The Morgan fingerprint density at radius 3 is 3.00 bits per heavy atom. The number of ether oxygens (including phenoxy) is 1. The van der Waals surface area contributed by atoms with Crippen LogP contribution in [0.2, 0.25) is 0 Å². The smallest absolute Gasteiger partial charge is 0.107 e. The molecule has 1 N–H and O–H groups in total. The number of hydrogen-bond donors (Lipinski definition) is 1. The molecule has 3 heterocycles. The number of para-hydroxylation sites is 1. The topological polar surface area (TPSA) is 41.1 Å². The summed E-state index contributed by atoms with van der Waals surface area (Å²) in [4.78, 5) is 10.5. The number of thiazole rings is 1. The van der Waals surface area contributed by atoms with Crippen LogP contribution in [0.25, 0.3) is 22.2 Å². The summed E-state index contributed by atoms with van der Waals surface area (Å²) in [5.41, 5.74) is 3.42. The van der Waals surface area contributed by atoms with E-state index in [1.165, 1.54) is 16.0 Å². The Morgan fingerprint density at radius 2 is 2.10 bits per heavy atom. The Balaban J connectivity index is 1.59. The van der Waals surface area contributed by atoms with Crippen LogP contribution in [0, 0.1) is 0 Å². The molecular formula is C16H17N3OS. The minimum atomic E-state index is 0.834. The third-order valence-electron chi connectivity index (χ3n) is 3.88. The van der Waals surface area contributed by atoms with Crippen molar-refractivity contribution in [2.75, 3.05) is 26.3 Å². The molecule has 108 valence electrons. The number of rotatable bonds is 3. The molecular weight excluding hydrogens is 282 g/mol. The average Bonchev–Trinajstić information content (AvgIpc) is 3.14. The van der Waals surface area contributed by atoms with Crippen molar-refractivity contribution in [2.24, 2.45) is 0 Å². The number of aromatic nitrogens is 2. The van der Waals surface area contributed by atoms with Gasteiger partial charge in [0.1, 0.15) is 5.01 Å². The summed E-state index contributed by atoms with van der Waals surface area (Å²) in [6.07, 6.45) is 2.05. The van der Waals surface area contributed by atoms with Crippen LogP contribution in [0.4, 0.5) is 0 Å². The van der Waals surface area contributed by atoms with E-state index in [1.54, 1.807) is 11.3 Å². The summed E-state index contributed by atoms with van der Waals surface area (Å²) in [6, 6.07) is 8.36. The highest BCUT2D eigenvalue weighted by atomic mass is 32.1. The second-order valence-electron chi connectivity index (χ2n) is 5.26. The maximum absolute atomic E-state index is 5.39. The molecule has 2 aromatic heterocycles. The Kier molecular flexibility index (Phi) is 3.47. The number of benzene rings is 1. The van der Waals surface area contributed by atoms with Crippen LogP contribution < -0.4 is 0 Å². The van der Waals surface area contributed by atoms with Gasteiger partial charge in [-0.1, -0.05) is 18.2 Å². The number of aromatic amines is 1. The number of fused-ring (bicyclic) bond motifs is 1. The molecule has 0 unspecified atom stereocenters. The van der Waals surface area contributed by atoms with Crippen LogP contribution in [0.1, 0.15) is 5.01 Å². The van der Waals surface area contributed by atoms with E-state index in [0.717, 1.165) is 44.1 Å². The molecule has 1 aromatic carbocycles. The third kappa shape index (κ3) is 2.60. The van der Waals surface area contributed by atoms with Crippen molar-refractivity contribution in [3.8, 4) is 11.3 Å². The zero-order valence-electron chi connectivity index (χ0n) is 11.7. The average molecular weight is 299 g/mol. The molecule has 0 spiro atoms. The minimum Gasteiger partial charge on any atom is -0.379 e. The van der Waals surface area contributed by atoms with Crippen LogP contribution in [0.15, 0.2) is 35.8 Å². The molecule has 3 aromatic rings. The second kappa shape index (κ2) is 5.60. The van der Waals surface area contributed by atoms with Crippen molar-refractivity contribution >= 4 is 22.2 Å².